The van der Waals surface area contributed by atoms with Crippen molar-refractivity contribution >= 4 is 10.8 Å². The average Bonchev–Trinajstić information content (AvgIpc) is 2.40. The molecule has 3 heteroatoms. The van der Waals surface area contributed by atoms with Crippen molar-refractivity contribution in [2.45, 2.75) is 63.1 Å². The lowest BCUT2D eigenvalue weighted by Crippen LogP contribution is -2.46. The van der Waals surface area contributed by atoms with Gasteiger partial charge in [0.1, 0.15) is 0 Å². The maximum absolute atomic E-state index is 13.0. The number of rotatable bonds is 4. The van der Waals surface area contributed by atoms with E-state index in [0.717, 1.165) is 29.8 Å². The molecular formula is C17H27NOS. The fourth-order valence-electron chi connectivity index (χ4n) is 3.25. The molecule has 0 spiro atoms. The zero-order valence-electron chi connectivity index (χ0n) is 13.1. The van der Waals surface area contributed by atoms with Crippen molar-refractivity contribution in [3.05, 3.63) is 29.3 Å². The molecule has 4 atom stereocenters. The summed E-state index contributed by atoms with van der Waals surface area (Å²) in [7, 11) is -0.904. The van der Waals surface area contributed by atoms with E-state index in [1.165, 1.54) is 12.0 Å². The summed E-state index contributed by atoms with van der Waals surface area (Å²) >= 11 is 0. The molecule has 1 aromatic carbocycles. The molecule has 1 saturated carbocycles. The highest BCUT2D eigenvalue weighted by Crippen LogP contribution is 2.31. The highest BCUT2D eigenvalue weighted by molar-refractivity contribution is 7.85. The molecule has 1 aliphatic rings. The second-order valence-electron chi connectivity index (χ2n) is 6.19. The summed E-state index contributed by atoms with van der Waals surface area (Å²) in [5, 5.41) is 3.79. The molecule has 0 amide bonds. The first-order valence-electron chi connectivity index (χ1n) is 7.74. The highest BCUT2D eigenvalue weighted by Gasteiger charge is 2.33. The fraction of sp³-hybridized carbons (Fsp3) is 0.647. The first kappa shape index (κ1) is 15.7. The van der Waals surface area contributed by atoms with Gasteiger partial charge in [-0.05, 0) is 57.2 Å². The third-order valence-corrected chi connectivity index (χ3v) is 6.30. The Morgan fingerprint density at radius 3 is 2.70 bits per heavy atom. The second-order valence-corrected chi connectivity index (χ2v) is 7.83. The van der Waals surface area contributed by atoms with Gasteiger partial charge in [0, 0.05) is 10.9 Å². The van der Waals surface area contributed by atoms with Crippen molar-refractivity contribution in [3.8, 4) is 0 Å². The van der Waals surface area contributed by atoms with Crippen LogP contribution in [0.5, 0.6) is 0 Å². The minimum absolute atomic E-state index is 0.250. The van der Waals surface area contributed by atoms with E-state index in [0.29, 0.717) is 12.0 Å². The molecule has 0 bridgehead atoms. The van der Waals surface area contributed by atoms with Crippen LogP contribution in [0.4, 0.5) is 0 Å². The quantitative estimate of drug-likeness (QED) is 0.919. The normalized spacial score (nSPS) is 28.3. The third-order valence-electron chi connectivity index (χ3n) is 4.34. The van der Waals surface area contributed by atoms with Crippen molar-refractivity contribution < 1.29 is 4.21 Å². The molecule has 0 aromatic heterocycles. The summed E-state index contributed by atoms with van der Waals surface area (Å²) in [6.45, 7) is 9.54. The summed E-state index contributed by atoms with van der Waals surface area (Å²) in [4.78, 5) is 1.03. The standard InChI is InChI=1S/C17H27NOS/c1-5-18-15-8-6-13(3)11-17(15)20(19)16-9-7-12(2)10-14(16)4/h7,9-10,13,15,17-18H,5-6,8,11H2,1-4H3. The molecule has 0 saturated heterocycles. The maximum Gasteiger partial charge on any atom is 0.0579 e. The van der Waals surface area contributed by atoms with Crippen LogP contribution in [0.1, 0.15) is 44.2 Å². The summed E-state index contributed by atoms with van der Waals surface area (Å²) in [5.41, 5.74) is 2.40. The molecule has 1 N–H and O–H groups in total. The summed E-state index contributed by atoms with van der Waals surface area (Å²) in [6.07, 6.45) is 3.46. The van der Waals surface area contributed by atoms with Gasteiger partial charge in [-0.3, -0.25) is 4.21 Å². The first-order valence-corrected chi connectivity index (χ1v) is 8.95. The van der Waals surface area contributed by atoms with Gasteiger partial charge in [-0.2, -0.15) is 0 Å². The van der Waals surface area contributed by atoms with Crippen LogP contribution in [-0.4, -0.2) is 22.0 Å². The number of hydrogen-bond acceptors (Lipinski definition) is 2. The van der Waals surface area contributed by atoms with Crippen molar-refractivity contribution in [1.82, 2.24) is 5.32 Å². The van der Waals surface area contributed by atoms with Crippen LogP contribution in [0.3, 0.4) is 0 Å². The predicted octanol–water partition coefficient (Wildman–Crippen LogP) is 3.58. The van der Waals surface area contributed by atoms with Gasteiger partial charge in [-0.15, -0.1) is 0 Å². The molecule has 0 aliphatic heterocycles. The maximum atomic E-state index is 13.0. The van der Waals surface area contributed by atoms with Gasteiger partial charge < -0.3 is 5.32 Å². The lowest BCUT2D eigenvalue weighted by atomic mass is 9.87. The van der Waals surface area contributed by atoms with Gasteiger partial charge in [0.25, 0.3) is 0 Å². The smallest absolute Gasteiger partial charge is 0.0579 e. The fourth-order valence-corrected chi connectivity index (χ4v) is 5.19. The topological polar surface area (TPSA) is 29.1 Å². The van der Waals surface area contributed by atoms with E-state index in [1.54, 1.807) is 0 Å². The van der Waals surface area contributed by atoms with Gasteiger partial charge in [0.05, 0.1) is 16.0 Å². The Bertz CT molecular complexity index is 486. The van der Waals surface area contributed by atoms with E-state index in [4.69, 9.17) is 0 Å². The molecule has 0 radical (unpaired) electrons. The van der Waals surface area contributed by atoms with Crippen molar-refractivity contribution in [2.24, 2.45) is 5.92 Å². The number of aryl methyl sites for hydroxylation is 2. The predicted molar refractivity (Wildman–Crippen MR) is 86.6 cm³/mol. The molecular weight excluding hydrogens is 266 g/mol. The van der Waals surface area contributed by atoms with Crippen molar-refractivity contribution in [2.75, 3.05) is 6.54 Å². The molecule has 1 fully saturated rings. The van der Waals surface area contributed by atoms with Crippen molar-refractivity contribution in [3.63, 3.8) is 0 Å². The largest absolute Gasteiger partial charge is 0.313 e. The Hall–Kier alpha value is -0.670. The van der Waals surface area contributed by atoms with Crippen molar-refractivity contribution in [1.29, 1.82) is 0 Å². The van der Waals surface area contributed by atoms with Crippen LogP contribution in [0.25, 0.3) is 0 Å². The lowest BCUT2D eigenvalue weighted by Gasteiger charge is -2.35. The van der Waals surface area contributed by atoms with E-state index in [-0.39, 0.29) is 5.25 Å². The zero-order valence-corrected chi connectivity index (χ0v) is 13.9. The molecule has 20 heavy (non-hydrogen) atoms. The van der Waals surface area contributed by atoms with Crippen LogP contribution in [0.15, 0.2) is 23.1 Å². The van der Waals surface area contributed by atoms with Gasteiger partial charge in [0.15, 0.2) is 0 Å². The van der Waals surface area contributed by atoms with E-state index in [9.17, 15) is 4.21 Å². The van der Waals surface area contributed by atoms with E-state index in [2.05, 4.69) is 51.2 Å². The summed E-state index contributed by atoms with van der Waals surface area (Å²) in [5.74, 6) is 0.685. The highest BCUT2D eigenvalue weighted by atomic mass is 32.2. The Kier molecular flexibility index (Phi) is 5.39. The summed E-state index contributed by atoms with van der Waals surface area (Å²) < 4.78 is 13.0. The van der Waals surface area contributed by atoms with Gasteiger partial charge in [-0.25, -0.2) is 0 Å². The van der Waals surface area contributed by atoms with Crippen LogP contribution in [0, 0.1) is 19.8 Å². The molecule has 112 valence electrons. The molecule has 0 heterocycles. The average molecular weight is 293 g/mol. The Balaban J connectivity index is 2.24. The van der Waals surface area contributed by atoms with Gasteiger partial charge in [-0.1, -0.05) is 31.5 Å². The monoisotopic (exact) mass is 293 g/mol. The molecule has 2 rings (SSSR count). The number of nitrogens with one attached hydrogen (secondary N) is 1. The second kappa shape index (κ2) is 6.86. The Labute approximate surface area is 125 Å². The Morgan fingerprint density at radius 1 is 1.30 bits per heavy atom. The first-order chi connectivity index (χ1) is 9.52. The molecule has 4 unspecified atom stereocenters. The van der Waals surface area contributed by atoms with Gasteiger partial charge in [0.2, 0.25) is 0 Å². The third kappa shape index (κ3) is 3.50. The van der Waals surface area contributed by atoms with Gasteiger partial charge >= 0.3 is 0 Å². The van der Waals surface area contributed by atoms with E-state index < -0.39 is 10.8 Å². The lowest BCUT2D eigenvalue weighted by molar-refractivity contribution is 0.316. The minimum Gasteiger partial charge on any atom is -0.313 e. The molecule has 2 nitrogen and oxygen atoms in total. The summed E-state index contributed by atoms with van der Waals surface area (Å²) in [6, 6.07) is 6.68. The Morgan fingerprint density at radius 2 is 2.05 bits per heavy atom. The zero-order chi connectivity index (χ0) is 14.7. The van der Waals surface area contributed by atoms with Crippen LogP contribution < -0.4 is 5.32 Å². The van der Waals surface area contributed by atoms with Crippen LogP contribution >= 0.6 is 0 Å². The van der Waals surface area contributed by atoms with Crippen LogP contribution in [0.2, 0.25) is 0 Å². The SMILES string of the molecule is CCNC1CCC(C)CC1S(=O)c1ccc(C)cc1C. The number of hydrogen-bond donors (Lipinski definition) is 1. The minimum atomic E-state index is -0.904. The van der Waals surface area contributed by atoms with E-state index >= 15 is 0 Å². The molecule has 1 aromatic rings. The van der Waals surface area contributed by atoms with E-state index in [1.807, 2.05) is 0 Å². The molecule has 1 aliphatic carbocycles. The number of benzene rings is 1. The van der Waals surface area contributed by atoms with Crippen LogP contribution in [-0.2, 0) is 10.8 Å².